The van der Waals surface area contributed by atoms with Crippen molar-refractivity contribution in [2.75, 3.05) is 31.1 Å². The second kappa shape index (κ2) is 7.59. The van der Waals surface area contributed by atoms with Crippen LogP contribution in [0.4, 0.5) is 5.69 Å². The van der Waals surface area contributed by atoms with E-state index >= 15 is 0 Å². The SMILES string of the molecule is CCn1c(=O)sc2cc(S(=O)(=O)N3CCN(c4cc(C)ccc4C)CC3)ccc21. The second-order valence-electron chi connectivity index (χ2n) is 7.42. The van der Waals surface area contributed by atoms with Gasteiger partial charge >= 0.3 is 4.87 Å². The Hall–Kier alpha value is -2.16. The lowest BCUT2D eigenvalue weighted by Gasteiger charge is -2.36. The summed E-state index contributed by atoms with van der Waals surface area (Å²) in [6.07, 6.45) is 0. The van der Waals surface area contributed by atoms with Crippen LogP contribution in [0.15, 0.2) is 46.1 Å². The van der Waals surface area contributed by atoms with Crippen LogP contribution in [0, 0.1) is 13.8 Å². The first-order valence-electron chi connectivity index (χ1n) is 9.77. The normalized spacial score (nSPS) is 15.9. The van der Waals surface area contributed by atoms with E-state index in [1.807, 2.05) is 6.92 Å². The molecule has 1 aromatic heterocycles. The molecule has 0 spiro atoms. The minimum atomic E-state index is -3.59. The summed E-state index contributed by atoms with van der Waals surface area (Å²) in [6, 6.07) is 11.4. The van der Waals surface area contributed by atoms with Crippen molar-refractivity contribution in [2.45, 2.75) is 32.2 Å². The molecule has 0 radical (unpaired) electrons. The monoisotopic (exact) mass is 431 g/mol. The number of aryl methyl sites for hydroxylation is 3. The van der Waals surface area contributed by atoms with Gasteiger partial charge in [-0.3, -0.25) is 9.36 Å². The molecule has 0 bridgehead atoms. The highest BCUT2D eigenvalue weighted by atomic mass is 32.2. The lowest BCUT2D eigenvalue weighted by atomic mass is 10.1. The molecule has 154 valence electrons. The predicted octanol–water partition coefficient (Wildman–Crippen LogP) is 3.21. The first-order chi connectivity index (χ1) is 13.8. The molecule has 2 heterocycles. The molecular weight excluding hydrogens is 406 g/mol. The Labute approximate surface area is 175 Å². The third kappa shape index (κ3) is 3.60. The standard InChI is InChI=1S/C21H25N3O3S2/c1-4-24-18-8-7-17(14-20(18)28-21(24)25)29(26,27)23-11-9-22(10-12-23)19-13-15(2)5-6-16(19)3/h5-8,13-14H,4,9-12H2,1-3H3. The van der Waals surface area contributed by atoms with E-state index in [9.17, 15) is 13.2 Å². The van der Waals surface area contributed by atoms with E-state index in [0.29, 0.717) is 37.4 Å². The third-order valence-corrected chi connectivity index (χ3v) is 8.37. The van der Waals surface area contributed by atoms with Crippen molar-refractivity contribution >= 4 is 37.3 Å². The van der Waals surface area contributed by atoms with Gasteiger partial charge < -0.3 is 4.90 Å². The van der Waals surface area contributed by atoms with Gasteiger partial charge in [0.25, 0.3) is 0 Å². The maximum atomic E-state index is 13.2. The number of anilines is 1. The fourth-order valence-corrected chi connectivity index (χ4v) is 6.40. The average molecular weight is 432 g/mol. The Bertz CT molecular complexity index is 1220. The Morgan fingerprint density at radius 2 is 1.72 bits per heavy atom. The van der Waals surface area contributed by atoms with E-state index in [-0.39, 0.29) is 9.77 Å². The van der Waals surface area contributed by atoms with Crippen molar-refractivity contribution in [1.29, 1.82) is 0 Å². The molecule has 0 aliphatic carbocycles. The molecule has 6 nitrogen and oxygen atoms in total. The zero-order valence-corrected chi connectivity index (χ0v) is 18.5. The summed E-state index contributed by atoms with van der Waals surface area (Å²) in [6.45, 7) is 8.84. The van der Waals surface area contributed by atoms with E-state index in [1.54, 1.807) is 27.1 Å². The summed E-state index contributed by atoms with van der Waals surface area (Å²) < 4.78 is 30.3. The highest BCUT2D eigenvalue weighted by Crippen LogP contribution is 2.27. The van der Waals surface area contributed by atoms with Crippen molar-refractivity contribution in [2.24, 2.45) is 0 Å². The number of rotatable bonds is 4. The number of piperazine rings is 1. The first kappa shape index (κ1) is 20.1. The van der Waals surface area contributed by atoms with Gasteiger partial charge in [-0.05, 0) is 56.2 Å². The number of fused-ring (bicyclic) bond motifs is 1. The van der Waals surface area contributed by atoms with Crippen LogP contribution in [0.25, 0.3) is 10.2 Å². The lowest BCUT2D eigenvalue weighted by molar-refractivity contribution is 0.385. The van der Waals surface area contributed by atoms with Gasteiger partial charge in [0.05, 0.1) is 15.1 Å². The maximum absolute atomic E-state index is 13.2. The average Bonchev–Trinajstić information content (AvgIpc) is 3.04. The molecule has 0 atom stereocenters. The van der Waals surface area contributed by atoms with Crippen LogP contribution < -0.4 is 9.77 Å². The summed E-state index contributed by atoms with van der Waals surface area (Å²) in [5.74, 6) is 0. The molecule has 2 aromatic carbocycles. The topological polar surface area (TPSA) is 62.6 Å². The molecule has 0 N–H and O–H groups in total. The van der Waals surface area contributed by atoms with Crippen molar-refractivity contribution in [3.05, 3.63) is 57.2 Å². The third-order valence-electron chi connectivity index (χ3n) is 5.54. The second-order valence-corrected chi connectivity index (χ2v) is 10.4. The Kier molecular flexibility index (Phi) is 5.27. The van der Waals surface area contributed by atoms with Gasteiger partial charge in [0.1, 0.15) is 0 Å². The van der Waals surface area contributed by atoms with E-state index < -0.39 is 10.0 Å². The molecule has 0 unspecified atom stereocenters. The minimum absolute atomic E-state index is 0.0563. The number of sulfonamides is 1. The van der Waals surface area contributed by atoms with Crippen LogP contribution in [-0.4, -0.2) is 43.5 Å². The first-order valence-corrected chi connectivity index (χ1v) is 12.0. The van der Waals surface area contributed by atoms with Crippen molar-refractivity contribution < 1.29 is 8.42 Å². The van der Waals surface area contributed by atoms with E-state index in [2.05, 4.69) is 36.9 Å². The summed E-state index contributed by atoms with van der Waals surface area (Å²) in [5, 5.41) is 0. The zero-order valence-electron chi connectivity index (χ0n) is 16.9. The number of hydrogen-bond acceptors (Lipinski definition) is 5. The molecule has 1 aliphatic rings. The van der Waals surface area contributed by atoms with Crippen LogP contribution in [0.3, 0.4) is 0 Å². The lowest BCUT2D eigenvalue weighted by Crippen LogP contribution is -2.48. The number of thiazole rings is 1. The summed E-state index contributed by atoms with van der Waals surface area (Å²) in [5.41, 5.74) is 4.37. The van der Waals surface area contributed by atoms with Gasteiger partial charge in [-0.25, -0.2) is 8.42 Å². The Morgan fingerprint density at radius 3 is 2.41 bits per heavy atom. The highest BCUT2D eigenvalue weighted by Gasteiger charge is 2.29. The fraction of sp³-hybridized carbons (Fsp3) is 0.381. The van der Waals surface area contributed by atoms with Crippen LogP contribution in [0.5, 0.6) is 0 Å². The van der Waals surface area contributed by atoms with Crippen molar-refractivity contribution in [3.63, 3.8) is 0 Å². The number of nitrogens with zero attached hydrogens (tertiary/aromatic N) is 3. The van der Waals surface area contributed by atoms with Crippen LogP contribution >= 0.6 is 11.3 Å². The minimum Gasteiger partial charge on any atom is -0.369 e. The molecule has 3 aromatic rings. The summed E-state index contributed by atoms with van der Waals surface area (Å²) >= 11 is 1.10. The summed E-state index contributed by atoms with van der Waals surface area (Å²) in [7, 11) is -3.59. The predicted molar refractivity (Wildman–Crippen MR) is 119 cm³/mol. The molecular formula is C21H25N3O3S2. The molecule has 1 aliphatic heterocycles. The quantitative estimate of drug-likeness (QED) is 0.636. The van der Waals surface area contributed by atoms with Gasteiger partial charge in [0.15, 0.2) is 0 Å². The molecule has 1 saturated heterocycles. The molecule has 1 fully saturated rings. The van der Waals surface area contributed by atoms with E-state index in [4.69, 9.17) is 0 Å². The molecule has 8 heteroatoms. The van der Waals surface area contributed by atoms with Crippen LogP contribution in [0.1, 0.15) is 18.1 Å². The number of aromatic nitrogens is 1. The molecule has 0 amide bonds. The fourth-order valence-electron chi connectivity index (χ4n) is 3.89. The number of benzene rings is 2. The zero-order chi connectivity index (χ0) is 20.8. The van der Waals surface area contributed by atoms with Gasteiger partial charge in [0, 0.05) is 38.4 Å². The van der Waals surface area contributed by atoms with Gasteiger partial charge in [0.2, 0.25) is 10.0 Å². The summed E-state index contributed by atoms with van der Waals surface area (Å²) in [4.78, 5) is 14.5. The smallest absolute Gasteiger partial charge is 0.308 e. The van der Waals surface area contributed by atoms with Crippen LogP contribution in [-0.2, 0) is 16.6 Å². The van der Waals surface area contributed by atoms with Gasteiger partial charge in [-0.2, -0.15) is 4.31 Å². The van der Waals surface area contributed by atoms with Crippen molar-refractivity contribution in [1.82, 2.24) is 8.87 Å². The molecule has 29 heavy (non-hydrogen) atoms. The maximum Gasteiger partial charge on any atom is 0.308 e. The molecule has 4 rings (SSSR count). The van der Waals surface area contributed by atoms with Gasteiger partial charge in [-0.15, -0.1) is 0 Å². The van der Waals surface area contributed by atoms with Crippen LogP contribution in [0.2, 0.25) is 0 Å². The largest absolute Gasteiger partial charge is 0.369 e. The van der Waals surface area contributed by atoms with E-state index in [1.165, 1.54) is 16.8 Å². The Morgan fingerprint density at radius 1 is 1.00 bits per heavy atom. The van der Waals surface area contributed by atoms with Gasteiger partial charge in [-0.1, -0.05) is 23.5 Å². The van der Waals surface area contributed by atoms with E-state index in [0.717, 1.165) is 16.9 Å². The highest BCUT2D eigenvalue weighted by molar-refractivity contribution is 7.89. The molecule has 0 saturated carbocycles. The number of hydrogen-bond donors (Lipinski definition) is 0. The Balaban J connectivity index is 1.57. The van der Waals surface area contributed by atoms with Crippen molar-refractivity contribution in [3.8, 4) is 0 Å².